The monoisotopic (exact) mass is 499 g/mol. The van der Waals surface area contributed by atoms with E-state index in [4.69, 9.17) is 18.6 Å². The van der Waals surface area contributed by atoms with E-state index >= 15 is 0 Å². The molecular formula is C27H37N3O6. The second-order valence-electron chi connectivity index (χ2n) is 9.15. The maximum absolute atomic E-state index is 13.1. The van der Waals surface area contributed by atoms with Crippen LogP contribution in [0.15, 0.2) is 34.7 Å². The summed E-state index contributed by atoms with van der Waals surface area (Å²) in [5, 5.41) is 3.05. The van der Waals surface area contributed by atoms with Gasteiger partial charge in [0.05, 0.1) is 25.9 Å². The number of carbonyl (C=O) groups is 2. The molecule has 0 saturated carbocycles. The SMILES string of the molecule is CCOc1cc(C(=O)NCC(c2ccc(C)o2)N2CCOCC2)ccc1OCC(=O)N1CCCCC1. The van der Waals surface area contributed by atoms with Crippen LogP contribution in [0.4, 0.5) is 0 Å². The molecule has 4 rings (SSSR count). The molecule has 196 valence electrons. The van der Waals surface area contributed by atoms with Crippen LogP contribution in [0.1, 0.15) is 54.1 Å². The van der Waals surface area contributed by atoms with Gasteiger partial charge in [-0.05, 0) is 63.4 Å². The molecule has 1 N–H and O–H groups in total. The third-order valence-corrected chi connectivity index (χ3v) is 6.60. The van der Waals surface area contributed by atoms with Crippen molar-refractivity contribution < 1.29 is 28.2 Å². The highest BCUT2D eigenvalue weighted by Gasteiger charge is 2.26. The summed E-state index contributed by atoms with van der Waals surface area (Å²) in [4.78, 5) is 29.7. The van der Waals surface area contributed by atoms with Crippen molar-refractivity contribution in [3.8, 4) is 11.5 Å². The van der Waals surface area contributed by atoms with Crippen LogP contribution in [0.3, 0.4) is 0 Å². The zero-order chi connectivity index (χ0) is 25.3. The summed E-state index contributed by atoms with van der Waals surface area (Å²) in [5.74, 6) is 2.32. The summed E-state index contributed by atoms with van der Waals surface area (Å²) in [6, 6.07) is 8.87. The Hall–Kier alpha value is -3.04. The average molecular weight is 500 g/mol. The van der Waals surface area contributed by atoms with Gasteiger partial charge in [0.1, 0.15) is 11.5 Å². The van der Waals surface area contributed by atoms with Gasteiger partial charge in [-0.2, -0.15) is 0 Å². The van der Waals surface area contributed by atoms with E-state index in [-0.39, 0.29) is 24.5 Å². The minimum atomic E-state index is -0.214. The van der Waals surface area contributed by atoms with Crippen LogP contribution in [0.5, 0.6) is 11.5 Å². The van der Waals surface area contributed by atoms with E-state index in [0.717, 1.165) is 57.0 Å². The van der Waals surface area contributed by atoms with E-state index < -0.39 is 0 Å². The van der Waals surface area contributed by atoms with Gasteiger partial charge in [0.15, 0.2) is 18.1 Å². The number of nitrogens with one attached hydrogen (secondary N) is 1. The number of aryl methyl sites for hydroxylation is 1. The van der Waals surface area contributed by atoms with Crippen molar-refractivity contribution in [3.05, 3.63) is 47.4 Å². The first-order chi connectivity index (χ1) is 17.5. The molecule has 0 radical (unpaired) electrons. The lowest BCUT2D eigenvalue weighted by molar-refractivity contribution is -0.134. The van der Waals surface area contributed by atoms with Gasteiger partial charge in [0, 0.05) is 38.3 Å². The summed E-state index contributed by atoms with van der Waals surface area (Å²) in [5.41, 5.74) is 0.463. The number of benzene rings is 1. The van der Waals surface area contributed by atoms with E-state index in [2.05, 4.69) is 10.2 Å². The quantitative estimate of drug-likeness (QED) is 0.537. The first kappa shape index (κ1) is 26.0. The molecule has 36 heavy (non-hydrogen) atoms. The molecule has 1 unspecified atom stereocenters. The van der Waals surface area contributed by atoms with E-state index in [1.165, 1.54) is 0 Å². The van der Waals surface area contributed by atoms with Gasteiger partial charge in [-0.15, -0.1) is 0 Å². The Labute approximate surface area is 212 Å². The number of nitrogens with zero attached hydrogens (tertiary/aromatic N) is 2. The van der Waals surface area contributed by atoms with Crippen LogP contribution in [0, 0.1) is 6.92 Å². The molecule has 9 heteroatoms. The van der Waals surface area contributed by atoms with E-state index in [1.807, 2.05) is 30.9 Å². The maximum Gasteiger partial charge on any atom is 0.260 e. The van der Waals surface area contributed by atoms with Crippen molar-refractivity contribution in [2.45, 2.75) is 39.2 Å². The van der Waals surface area contributed by atoms with Crippen molar-refractivity contribution >= 4 is 11.8 Å². The van der Waals surface area contributed by atoms with Crippen molar-refractivity contribution in [1.29, 1.82) is 0 Å². The molecule has 2 amide bonds. The van der Waals surface area contributed by atoms with Gasteiger partial charge < -0.3 is 28.8 Å². The lowest BCUT2D eigenvalue weighted by atomic mass is 10.1. The molecule has 2 saturated heterocycles. The molecule has 9 nitrogen and oxygen atoms in total. The zero-order valence-corrected chi connectivity index (χ0v) is 21.3. The lowest BCUT2D eigenvalue weighted by Crippen LogP contribution is -2.43. The van der Waals surface area contributed by atoms with Crippen molar-refractivity contribution in [2.24, 2.45) is 0 Å². The Morgan fingerprint density at radius 2 is 1.78 bits per heavy atom. The van der Waals surface area contributed by atoms with E-state index in [9.17, 15) is 9.59 Å². The summed E-state index contributed by atoms with van der Waals surface area (Å²) in [7, 11) is 0. The maximum atomic E-state index is 13.1. The van der Waals surface area contributed by atoms with Crippen LogP contribution in [-0.4, -0.2) is 80.8 Å². The average Bonchev–Trinajstić information content (AvgIpc) is 3.34. The van der Waals surface area contributed by atoms with Crippen molar-refractivity contribution in [2.75, 3.05) is 59.2 Å². The fraction of sp³-hybridized carbons (Fsp3) is 0.556. The van der Waals surface area contributed by atoms with E-state index in [1.54, 1.807) is 18.2 Å². The molecule has 2 aliphatic heterocycles. The summed E-state index contributed by atoms with van der Waals surface area (Å²) >= 11 is 0. The second-order valence-corrected chi connectivity index (χ2v) is 9.15. The first-order valence-corrected chi connectivity index (χ1v) is 12.9. The first-order valence-electron chi connectivity index (χ1n) is 12.9. The Morgan fingerprint density at radius 1 is 1.00 bits per heavy atom. The van der Waals surface area contributed by atoms with Crippen LogP contribution in [0.25, 0.3) is 0 Å². The number of furan rings is 1. The van der Waals surface area contributed by atoms with Gasteiger partial charge >= 0.3 is 0 Å². The highest BCUT2D eigenvalue weighted by atomic mass is 16.5. The van der Waals surface area contributed by atoms with E-state index in [0.29, 0.717) is 43.4 Å². The number of piperidine rings is 1. The largest absolute Gasteiger partial charge is 0.490 e. The number of morpholine rings is 1. The van der Waals surface area contributed by atoms with Crippen molar-refractivity contribution in [1.82, 2.24) is 15.1 Å². The molecule has 0 spiro atoms. The molecule has 2 aliphatic rings. The Balaban J connectivity index is 1.39. The van der Waals surface area contributed by atoms with Gasteiger partial charge in [0.25, 0.3) is 11.8 Å². The molecule has 0 aliphatic carbocycles. The number of ether oxygens (including phenoxy) is 3. The topological polar surface area (TPSA) is 93.5 Å². The lowest BCUT2D eigenvalue weighted by Gasteiger charge is -2.33. The Kier molecular flexibility index (Phi) is 9.24. The molecule has 1 aromatic heterocycles. The number of amides is 2. The van der Waals surface area contributed by atoms with Crippen molar-refractivity contribution in [3.63, 3.8) is 0 Å². The molecular weight excluding hydrogens is 462 g/mol. The number of rotatable bonds is 10. The summed E-state index contributed by atoms with van der Waals surface area (Å²) in [6.07, 6.45) is 3.23. The normalized spacial score (nSPS) is 17.4. The zero-order valence-electron chi connectivity index (χ0n) is 21.3. The summed E-state index contributed by atoms with van der Waals surface area (Å²) in [6.45, 7) is 8.98. The fourth-order valence-electron chi connectivity index (χ4n) is 4.63. The fourth-order valence-corrected chi connectivity index (χ4v) is 4.63. The molecule has 1 atom stereocenters. The third-order valence-electron chi connectivity index (χ3n) is 6.60. The van der Waals surface area contributed by atoms with Gasteiger partial charge in [-0.25, -0.2) is 0 Å². The standard InChI is InChI=1S/C27H37N3O6/c1-3-34-25-17-21(8-10-24(25)35-19-26(31)30-11-5-4-6-12-30)27(32)28-18-22(23-9-7-20(2)36-23)29-13-15-33-16-14-29/h7-10,17,22H,3-6,11-16,18-19H2,1-2H3,(H,28,32). The molecule has 3 heterocycles. The van der Waals surface area contributed by atoms with Crippen LogP contribution >= 0.6 is 0 Å². The smallest absolute Gasteiger partial charge is 0.260 e. The van der Waals surface area contributed by atoms with Crippen LogP contribution < -0.4 is 14.8 Å². The van der Waals surface area contributed by atoms with Crippen LogP contribution in [0.2, 0.25) is 0 Å². The van der Waals surface area contributed by atoms with Gasteiger partial charge in [-0.3, -0.25) is 14.5 Å². The van der Waals surface area contributed by atoms with Crippen LogP contribution in [-0.2, 0) is 9.53 Å². The number of hydrogen-bond donors (Lipinski definition) is 1. The molecule has 2 aromatic rings. The predicted molar refractivity (Wildman–Crippen MR) is 134 cm³/mol. The molecule has 2 fully saturated rings. The second kappa shape index (κ2) is 12.8. The third kappa shape index (κ3) is 6.79. The molecule has 0 bridgehead atoms. The minimum Gasteiger partial charge on any atom is -0.490 e. The number of likely N-dealkylation sites (tertiary alicyclic amines) is 1. The summed E-state index contributed by atoms with van der Waals surface area (Å²) < 4.78 is 22.9. The number of carbonyl (C=O) groups excluding carboxylic acids is 2. The highest BCUT2D eigenvalue weighted by Crippen LogP contribution is 2.29. The van der Waals surface area contributed by atoms with Gasteiger partial charge in [0.2, 0.25) is 0 Å². The Bertz CT molecular complexity index is 1010. The number of hydrogen-bond acceptors (Lipinski definition) is 7. The van der Waals surface area contributed by atoms with Gasteiger partial charge in [-0.1, -0.05) is 0 Å². The Morgan fingerprint density at radius 3 is 2.47 bits per heavy atom. The highest BCUT2D eigenvalue weighted by molar-refractivity contribution is 5.95. The minimum absolute atomic E-state index is 0.0266. The molecule has 1 aromatic carbocycles. The predicted octanol–water partition coefficient (Wildman–Crippen LogP) is 3.18.